The predicted molar refractivity (Wildman–Crippen MR) is 113 cm³/mol. The van der Waals surface area contributed by atoms with Crippen LogP contribution in [0.1, 0.15) is 35.3 Å². The van der Waals surface area contributed by atoms with Crippen LogP contribution < -0.4 is 4.74 Å². The number of thiophene rings is 1. The number of aryl methyl sites for hydroxylation is 1. The maximum absolute atomic E-state index is 13.9. The van der Waals surface area contributed by atoms with Gasteiger partial charge in [-0.2, -0.15) is 5.26 Å². The number of aliphatic carboxylic acids is 1. The summed E-state index contributed by atoms with van der Waals surface area (Å²) in [5.41, 5.74) is 2.23. The molecule has 1 aromatic heterocycles. The van der Waals surface area contributed by atoms with Gasteiger partial charge >= 0.3 is 5.97 Å². The van der Waals surface area contributed by atoms with Gasteiger partial charge in [0.15, 0.2) is 0 Å². The van der Waals surface area contributed by atoms with Crippen LogP contribution in [0.15, 0.2) is 54.6 Å². The summed E-state index contributed by atoms with van der Waals surface area (Å²) < 4.78 is 19.8. The molecule has 4 rings (SSSR count). The number of carbonyl (C=O) groups is 1. The van der Waals surface area contributed by atoms with Crippen molar-refractivity contribution in [3.8, 4) is 22.3 Å². The molecule has 6 heteroatoms. The highest BCUT2D eigenvalue weighted by atomic mass is 32.1. The third-order valence-corrected chi connectivity index (χ3v) is 6.64. The van der Waals surface area contributed by atoms with Crippen molar-refractivity contribution < 1.29 is 19.0 Å². The lowest BCUT2D eigenvalue weighted by atomic mass is 10.1. The van der Waals surface area contributed by atoms with Crippen molar-refractivity contribution in [2.75, 3.05) is 0 Å². The van der Waals surface area contributed by atoms with E-state index in [-0.39, 0.29) is 24.3 Å². The number of hydrogen-bond acceptors (Lipinski definition) is 4. The summed E-state index contributed by atoms with van der Waals surface area (Å²) in [4.78, 5) is 12.7. The van der Waals surface area contributed by atoms with Gasteiger partial charge in [0.2, 0.25) is 0 Å². The minimum Gasteiger partial charge on any atom is -0.489 e. The van der Waals surface area contributed by atoms with Crippen LogP contribution in [0.5, 0.6) is 5.75 Å². The van der Waals surface area contributed by atoms with Crippen LogP contribution in [0.2, 0.25) is 0 Å². The predicted octanol–water partition coefficient (Wildman–Crippen LogP) is 5.71. The van der Waals surface area contributed by atoms with Crippen molar-refractivity contribution >= 4 is 17.3 Å². The zero-order valence-electron chi connectivity index (χ0n) is 16.2. The first-order valence-corrected chi connectivity index (χ1v) is 10.5. The molecule has 0 radical (unpaired) electrons. The molecule has 1 saturated carbocycles. The van der Waals surface area contributed by atoms with E-state index in [1.807, 2.05) is 24.3 Å². The zero-order chi connectivity index (χ0) is 21.1. The largest absolute Gasteiger partial charge is 0.489 e. The Labute approximate surface area is 178 Å². The van der Waals surface area contributed by atoms with Crippen molar-refractivity contribution in [3.63, 3.8) is 0 Å². The summed E-state index contributed by atoms with van der Waals surface area (Å²) in [7, 11) is 0. The van der Waals surface area contributed by atoms with Crippen LogP contribution in [0, 0.1) is 17.1 Å². The number of benzene rings is 2. The lowest BCUT2D eigenvalue weighted by Crippen LogP contribution is -2.00. The monoisotopic (exact) mass is 421 g/mol. The maximum Gasteiger partial charge on any atom is 0.303 e. The number of rotatable bonds is 8. The van der Waals surface area contributed by atoms with Gasteiger partial charge in [0.25, 0.3) is 0 Å². The van der Waals surface area contributed by atoms with Crippen molar-refractivity contribution in [1.82, 2.24) is 0 Å². The van der Waals surface area contributed by atoms with E-state index >= 15 is 0 Å². The Bertz CT molecular complexity index is 1110. The fourth-order valence-corrected chi connectivity index (χ4v) is 4.63. The molecule has 0 spiro atoms. The molecular weight excluding hydrogens is 401 g/mol. The summed E-state index contributed by atoms with van der Waals surface area (Å²) in [6.07, 6.45) is 2.34. The molecule has 1 N–H and O–H groups in total. The molecule has 0 bridgehead atoms. The molecule has 1 heterocycles. The number of ether oxygens (including phenoxy) is 1. The zero-order valence-corrected chi connectivity index (χ0v) is 17.0. The second-order valence-corrected chi connectivity index (χ2v) is 8.57. The van der Waals surface area contributed by atoms with Gasteiger partial charge in [-0.15, -0.1) is 11.3 Å². The molecule has 0 amide bonds. The van der Waals surface area contributed by atoms with Crippen LogP contribution in [-0.2, 0) is 23.2 Å². The smallest absolute Gasteiger partial charge is 0.303 e. The molecule has 0 saturated heterocycles. The van der Waals surface area contributed by atoms with Gasteiger partial charge in [0, 0.05) is 21.7 Å². The van der Waals surface area contributed by atoms with Gasteiger partial charge in [-0.25, -0.2) is 4.39 Å². The Hall–Kier alpha value is -3.17. The number of nitriles is 1. The van der Waals surface area contributed by atoms with Crippen LogP contribution >= 0.6 is 11.3 Å². The fraction of sp³-hybridized carbons (Fsp3) is 0.250. The van der Waals surface area contributed by atoms with E-state index in [1.165, 1.54) is 12.1 Å². The Morgan fingerprint density at radius 2 is 1.93 bits per heavy atom. The van der Waals surface area contributed by atoms with Crippen LogP contribution in [0.4, 0.5) is 4.39 Å². The quantitative estimate of drug-likeness (QED) is 0.506. The van der Waals surface area contributed by atoms with Gasteiger partial charge in [0.05, 0.1) is 11.5 Å². The lowest BCUT2D eigenvalue weighted by Gasteiger charge is -2.11. The van der Waals surface area contributed by atoms with E-state index < -0.39 is 5.97 Å². The van der Waals surface area contributed by atoms with E-state index in [1.54, 1.807) is 29.5 Å². The summed E-state index contributed by atoms with van der Waals surface area (Å²) in [6.45, 7) is 0.207. The number of nitrogens with zero attached hydrogens (tertiary/aromatic N) is 1. The molecule has 3 aromatic rings. The highest BCUT2D eigenvalue weighted by Gasteiger charge is 2.46. The number of halogens is 1. The van der Waals surface area contributed by atoms with Crippen LogP contribution in [-0.4, -0.2) is 11.1 Å². The Kier molecular flexibility index (Phi) is 5.56. The van der Waals surface area contributed by atoms with Crippen molar-refractivity contribution in [2.45, 2.75) is 37.7 Å². The Morgan fingerprint density at radius 1 is 1.17 bits per heavy atom. The second kappa shape index (κ2) is 8.29. The van der Waals surface area contributed by atoms with Gasteiger partial charge in [0.1, 0.15) is 18.2 Å². The van der Waals surface area contributed by atoms with Gasteiger partial charge in [-0.3, -0.25) is 4.79 Å². The third kappa shape index (κ3) is 4.37. The van der Waals surface area contributed by atoms with E-state index in [2.05, 4.69) is 6.07 Å². The third-order valence-electron chi connectivity index (χ3n) is 5.32. The highest BCUT2D eigenvalue weighted by molar-refractivity contribution is 7.15. The topological polar surface area (TPSA) is 70.3 Å². The molecule has 152 valence electrons. The molecule has 0 unspecified atom stereocenters. The number of carboxylic acid groups (broad SMARTS) is 1. The molecular formula is C24H20FNO3S. The Morgan fingerprint density at radius 3 is 2.60 bits per heavy atom. The molecule has 2 aromatic carbocycles. The fourth-order valence-electron chi connectivity index (χ4n) is 3.36. The van der Waals surface area contributed by atoms with Crippen molar-refractivity contribution in [2.24, 2.45) is 0 Å². The van der Waals surface area contributed by atoms with Gasteiger partial charge in [-0.05, 0) is 66.8 Å². The summed E-state index contributed by atoms with van der Waals surface area (Å²) in [5, 5.41) is 18.2. The molecule has 1 aliphatic rings. The van der Waals surface area contributed by atoms with Gasteiger partial charge < -0.3 is 9.84 Å². The normalized spacial score (nSPS) is 14.1. The average Bonchev–Trinajstić information content (AvgIpc) is 3.40. The molecule has 0 aliphatic heterocycles. The highest BCUT2D eigenvalue weighted by Crippen LogP contribution is 2.51. The lowest BCUT2D eigenvalue weighted by molar-refractivity contribution is -0.136. The second-order valence-electron chi connectivity index (χ2n) is 7.49. The van der Waals surface area contributed by atoms with Crippen LogP contribution in [0.25, 0.3) is 10.4 Å². The van der Waals surface area contributed by atoms with E-state index in [0.717, 1.165) is 39.3 Å². The number of hydrogen-bond donors (Lipinski definition) is 1. The Balaban J connectivity index is 1.49. The SMILES string of the molecule is N#CC1(c2ccc(-c3ccc(F)cc3COc3ccc(CCC(=O)O)cc3)s2)CC1. The first kappa shape index (κ1) is 20.1. The van der Waals surface area contributed by atoms with E-state index in [0.29, 0.717) is 12.2 Å². The van der Waals surface area contributed by atoms with E-state index in [9.17, 15) is 14.4 Å². The van der Waals surface area contributed by atoms with Gasteiger partial charge in [-0.1, -0.05) is 18.2 Å². The first-order valence-electron chi connectivity index (χ1n) is 9.73. The first-order chi connectivity index (χ1) is 14.5. The minimum absolute atomic E-state index is 0.0861. The van der Waals surface area contributed by atoms with Crippen LogP contribution in [0.3, 0.4) is 0 Å². The minimum atomic E-state index is -0.826. The summed E-state index contributed by atoms with van der Waals surface area (Å²) in [5.74, 6) is -0.514. The number of carboxylic acids is 1. The average molecular weight is 421 g/mol. The van der Waals surface area contributed by atoms with Crippen molar-refractivity contribution in [3.05, 3.63) is 76.4 Å². The van der Waals surface area contributed by atoms with Crippen molar-refractivity contribution in [1.29, 1.82) is 5.26 Å². The molecule has 1 fully saturated rings. The van der Waals surface area contributed by atoms with E-state index in [4.69, 9.17) is 9.84 Å². The summed E-state index contributed by atoms with van der Waals surface area (Å²) in [6, 6.07) is 18.3. The maximum atomic E-state index is 13.9. The molecule has 0 atom stereocenters. The molecule has 1 aliphatic carbocycles. The standard InChI is InChI=1S/C24H20FNO3S/c25-18-4-7-20(21-8-9-22(30-21)24(15-26)11-12-24)17(13-18)14-29-19-5-1-16(2-6-19)3-10-23(27)28/h1-2,4-9,13H,3,10-12,14H2,(H,27,28). The molecule has 4 nitrogen and oxygen atoms in total. The summed E-state index contributed by atoms with van der Waals surface area (Å²) >= 11 is 1.58. The molecule has 30 heavy (non-hydrogen) atoms.